The number of amides is 1. The molecule has 0 spiro atoms. The summed E-state index contributed by atoms with van der Waals surface area (Å²) >= 11 is 0. The summed E-state index contributed by atoms with van der Waals surface area (Å²) in [5.74, 6) is 0.0289. The van der Waals surface area contributed by atoms with Crippen LogP contribution in [0.25, 0.3) is 0 Å². The SMILES string of the molecule is CCN(C)C(=O)C(CN)Cc1ccccc1. The predicted octanol–water partition coefficient (Wildman–Crippen LogP) is 1.28. The zero-order valence-electron chi connectivity index (χ0n) is 10.0. The second-order valence-corrected chi connectivity index (χ2v) is 3.97. The minimum Gasteiger partial charge on any atom is -0.346 e. The van der Waals surface area contributed by atoms with E-state index in [9.17, 15) is 4.79 Å². The molecule has 0 aliphatic rings. The van der Waals surface area contributed by atoms with Crippen molar-refractivity contribution in [1.82, 2.24) is 4.90 Å². The molecule has 1 aromatic carbocycles. The Morgan fingerprint density at radius 2 is 2.00 bits per heavy atom. The molecule has 1 unspecified atom stereocenters. The van der Waals surface area contributed by atoms with Crippen LogP contribution in [0.3, 0.4) is 0 Å². The number of nitrogens with zero attached hydrogens (tertiary/aromatic N) is 1. The monoisotopic (exact) mass is 220 g/mol. The summed E-state index contributed by atoms with van der Waals surface area (Å²) in [5, 5.41) is 0. The van der Waals surface area contributed by atoms with Gasteiger partial charge in [0.25, 0.3) is 0 Å². The smallest absolute Gasteiger partial charge is 0.227 e. The number of hydrogen-bond donors (Lipinski definition) is 1. The van der Waals surface area contributed by atoms with Crippen molar-refractivity contribution in [2.75, 3.05) is 20.1 Å². The minimum atomic E-state index is -0.104. The highest BCUT2D eigenvalue weighted by Crippen LogP contribution is 2.10. The predicted molar refractivity (Wildman–Crippen MR) is 66.0 cm³/mol. The third kappa shape index (κ3) is 3.35. The minimum absolute atomic E-state index is 0.104. The Morgan fingerprint density at radius 3 is 2.50 bits per heavy atom. The highest BCUT2D eigenvalue weighted by atomic mass is 16.2. The first-order valence-electron chi connectivity index (χ1n) is 5.68. The van der Waals surface area contributed by atoms with Crippen molar-refractivity contribution in [2.45, 2.75) is 13.3 Å². The van der Waals surface area contributed by atoms with Crippen molar-refractivity contribution in [2.24, 2.45) is 11.7 Å². The quantitative estimate of drug-likeness (QED) is 0.812. The van der Waals surface area contributed by atoms with Crippen LogP contribution in [-0.2, 0) is 11.2 Å². The summed E-state index contributed by atoms with van der Waals surface area (Å²) in [5.41, 5.74) is 6.83. The number of hydrogen-bond acceptors (Lipinski definition) is 2. The van der Waals surface area contributed by atoms with E-state index in [1.165, 1.54) is 0 Å². The Kier molecular flexibility index (Phi) is 4.99. The fourth-order valence-electron chi connectivity index (χ4n) is 1.64. The van der Waals surface area contributed by atoms with E-state index >= 15 is 0 Å². The second kappa shape index (κ2) is 6.28. The van der Waals surface area contributed by atoms with Gasteiger partial charge in [0.05, 0.1) is 5.92 Å². The van der Waals surface area contributed by atoms with Gasteiger partial charge in [-0.1, -0.05) is 30.3 Å². The molecule has 1 aromatic rings. The summed E-state index contributed by atoms with van der Waals surface area (Å²) < 4.78 is 0. The molecule has 1 amide bonds. The van der Waals surface area contributed by atoms with Crippen molar-refractivity contribution in [1.29, 1.82) is 0 Å². The summed E-state index contributed by atoms with van der Waals surface area (Å²) in [7, 11) is 1.82. The van der Waals surface area contributed by atoms with Crippen molar-refractivity contribution in [3.8, 4) is 0 Å². The Morgan fingerprint density at radius 1 is 1.38 bits per heavy atom. The Balaban J connectivity index is 2.66. The largest absolute Gasteiger partial charge is 0.346 e. The summed E-state index contributed by atoms with van der Waals surface area (Å²) in [6.45, 7) is 3.09. The molecule has 1 rings (SSSR count). The van der Waals surface area contributed by atoms with E-state index in [-0.39, 0.29) is 11.8 Å². The summed E-state index contributed by atoms with van der Waals surface area (Å²) in [6.07, 6.45) is 0.723. The fraction of sp³-hybridized carbons (Fsp3) is 0.462. The van der Waals surface area contributed by atoms with Crippen molar-refractivity contribution in [3.63, 3.8) is 0 Å². The standard InChI is InChI=1S/C13H20N2O/c1-3-15(2)13(16)12(10-14)9-11-7-5-4-6-8-11/h4-8,12H,3,9-10,14H2,1-2H3. The van der Waals surface area contributed by atoms with E-state index < -0.39 is 0 Å². The van der Waals surface area contributed by atoms with Crippen molar-refractivity contribution >= 4 is 5.91 Å². The van der Waals surface area contributed by atoms with Crippen LogP contribution in [0.2, 0.25) is 0 Å². The molecule has 0 aliphatic heterocycles. The fourth-order valence-corrected chi connectivity index (χ4v) is 1.64. The van der Waals surface area contributed by atoms with Crippen LogP contribution in [-0.4, -0.2) is 30.9 Å². The van der Waals surface area contributed by atoms with Gasteiger partial charge in [-0.25, -0.2) is 0 Å². The molecular weight excluding hydrogens is 200 g/mol. The van der Waals surface area contributed by atoms with Crippen LogP contribution >= 0.6 is 0 Å². The molecular formula is C13H20N2O. The van der Waals surface area contributed by atoms with Gasteiger partial charge in [-0.2, -0.15) is 0 Å². The zero-order chi connectivity index (χ0) is 12.0. The van der Waals surface area contributed by atoms with Gasteiger partial charge in [0.2, 0.25) is 5.91 Å². The number of benzene rings is 1. The maximum atomic E-state index is 12.0. The molecule has 0 fully saturated rings. The first kappa shape index (κ1) is 12.7. The molecule has 16 heavy (non-hydrogen) atoms. The van der Waals surface area contributed by atoms with Gasteiger partial charge in [-0.05, 0) is 18.9 Å². The van der Waals surface area contributed by atoms with Gasteiger partial charge in [-0.15, -0.1) is 0 Å². The van der Waals surface area contributed by atoms with Crippen molar-refractivity contribution < 1.29 is 4.79 Å². The third-order valence-corrected chi connectivity index (χ3v) is 2.81. The van der Waals surface area contributed by atoms with E-state index in [2.05, 4.69) is 0 Å². The third-order valence-electron chi connectivity index (χ3n) is 2.81. The molecule has 3 nitrogen and oxygen atoms in total. The van der Waals surface area contributed by atoms with Crippen LogP contribution in [0.4, 0.5) is 0 Å². The Bertz CT molecular complexity index is 324. The molecule has 0 saturated carbocycles. The molecule has 0 heterocycles. The lowest BCUT2D eigenvalue weighted by molar-refractivity contribution is -0.133. The summed E-state index contributed by atoms with van der Waals surface area (Å²) in [6, 6.07) is 10.00. The molecule has 0 saturated heterocycles. The highest BCUT2D eigenvalue weighted by molar-refractivity contribution is 5.79. The lowest BCUT2D eigenvalue weighted by Crippen LogP contribution is -2.37. The second-order valence-electron chi connectivity index (χ2n) is 3.97. The highest BCUT2D eigenvalue weighted by Gasteiger charge is 2.19. The Hall–Kier alpha value is -1.35. The van der Waals surface area contributed by atoms with Gasteiger partial charge in [0.1, 0.15) is 0 Å². The van der Waals surface area contributed by atoms with E-state index in [4.69, 9.17) is 5.73 Å². The number of carbonyl (C=O) groups is 1. The maximum absolute atomic E-state index is 12.0. The topological polar surface area (TPSA) is 46.3 Å². The lowest BCUT2D eigenvalue weighted by atomic mass is 9.98. The molecule has 0 bridgehead atoms. The normalized spacial score (nSPS) is 12.2. The van der Waals surface area contributed by atoms with Crippen molar-refractivity contribution in [3.05, 3.63) is 35.9 Å². The number of carbonyl (C=O) groups excluding carboxylic acids is 1. The molecule has 88 valence electrons. The molecule has 0 aromatic heterocycles. The van der Waals surface area contributed by atoms with Crippen LogP contribution < -0.4 is 5.73 Å². The first-order valence-corrected chi connectivity index (χ1v) is 5.68. The van der Waals surface area contributed by atoms with E-state index in [0.717, 1.165) is 18.5 Å². The molecule has 0 radical (unpaired) electrons. The average Bonchev–Trinajstić information content (AvgIpc) is 2.35. The van der Waals surface area contributed by atoms with E-state index in [1.54, 1.807) is 4.90 Å². The van der Waals surface area contributed by atoms with Gasteiger partial charge in [0.15, 0.2) is 0 Å². The molecule has 2 N–H and O–H groups in total. The Labute approximate surface area is 97.2 Å². The number of rotatable bonds is 5. The summed E-state index contributed by atoms with van der Waals surface area (Å²) in [4.78, 5) is 13.7. The van der Waals surface area contributed by atoms with Gasteiger partial charge in [-0.3, -0.25) is 4.79 Å². The van der Waals surface area contributed by atoms with Crippen LogP contribution in [0, 0.1) is 5.92 Å². The van der Waals surface area contributed by atoms with Crippen LogP contribution in [0.15, 0.2) is 30.3 Å². The van der Waals surface area contributed by atoms with E-state index in [0.29, 0.717) is 6.54 Å². The zero-order valence-corrected chi connectivity index (χ0v) is 10.0. The lowest BCUT2D eigenvalue weighted by Gasteiger charge is -2.21. The van der Waals surface area contributed by atoms with Crippen LogP contribution in [0.1, 0.15) is 12.5 Å². The molecule has 0 aliphatic carbocycles. The number of nitrogens with two attached hydrogens (primary N) is 1. The average molecular weight is 220 g/mol. The van der Waals surface area contributed by atoms with Gasteiger partial charge in [0, 0.05) is 20.1 Å². The first-order chi connectivity index (χ1) is 7.69. The van der Waals surface area contributed by atoms with Gasteiger partial charge >= 0.3 is 0 Å². The maximum Gasteiger partial charge on any atom is 0.227 e. The van der Waals surface area contributed by atoms with E-state index in [1.807, 2.05) is 44.3 Å². The molecule has 1 atom stereocenters. The van der Waals surface area contributed by atoms with Gasteiger partial charge < -0.3 is 10.6 Å². The molecule has 3 heteroatoms. The van der Waals surface area contributed by atoms with Crippen LogP contribution in [0.5, 0.6) is 0 Å².